The molecule has 0 saturated carbocycles. The van der Waals surface area contributed by atoms with Crippen LogP contribution in [0.1, 0.15) is 45.1 Å². The Morgan fingerprint density at radius 1 is 1.00 bits per heavy atom. The molecule has 132 valence electrons. The van der Waals surface area contributed by atoms with Crippen molar-refractivity contribution in [1.82, 2.24) is 4.98 Å². The van der Waals surface area contributed by atoms with Crippen molar-refractivity contribution in [2.45, 2.75) is 51.5 Å². The maximum absolute atomic E-state index is 4.85. The first-order valence-corrected chi connectivity index (χ1v) is 9.83. The van der Waals surface area contributed by atoms with E-state index >= 15 is 0 Å². The Kier molecular flexibility index (Phi) is 4.58. The molecule has 1 aromatic heterocycles. The first-order chi connectivity index (χ1) is 12.8. The topological polar surface area (TPSA) is 16.8 Å². The maximum atomic E-state index is 4.85. The number of benzene rings is 2. The van der Waals surface area contributed by atoms with Gasteiger partial charge in [0.15, 0.2) is 5.69 Å². The molecule has 1 atom stereocenters. The van der Waals surface area contributed by atoms with Gasteiger partial charge in [-0.15, -0.1) is 0 Å². The highest BCUT2D eigenvalue weighted by Crippen LogP contribution is 2.37. The van der Waals surface area contributed by atoms with Crippen LogP contribution in [0.4, 0.5) is 0 Å². The van der Waals surface area contributed by atoms with Gasteiger partial charge in [-0.2, -0.15) is 0 Å². The van der Waals surface area contributed by atoms with Gasteiger partial charge in [-0.25, -0.2) is 4.57 Å². The monoisotopic (exact) mass is 343 g/mol. The molecule has 2 heteroatoms. The van der Waals surface area contributed by atoms with Crippen LogP contribution in [-0.4, -0.2) is 4.98 Å². The Balaban J connectivity index is 1.90. The second-order valence-corrected chi connectivity index (χ2v) is 7.41. The molecule has 0 fully saturated rings. The predicted octanol–water partition coefficient (Wildman–Crippen LogP) is 5.55. The van der Waals surface area contributed by atoms with Crippen LogP contribution in [0.5, 0.6) is 0 Å². The highest BCUT2D eigenvalue weighted by molar-refractivity contribution is 5.68. The van der Waals surface area contributed by atoms with Gasteiger partial charge in [0.1, 0.15) is 11.2 Å². The van der Waals surface area contributed by atoms with E-state index in [4.69, 9.17) is 4.98 Å². The van der Waals surface area contributed by atoms with Gasteiger partial charge in [0.2, 0.25) is 0 Å². The van der Waals surface area contributed by atoms with E-state index in [0.717, 1.165) is 18.5 Å². The number of aromatic nitrogens is 2. The van der Waals surface area contributed by atoms with E-state index in [1.165, 1.54) is 41.6 Å². The van der Waals surface area contributed by atoms with E-state index in [0.29, 0.717) is 0 Å². The lowest BCUT2D eigenvalue weighted by Crippen LogP contribution is -2.60. The quantitative estimate of drug-likeness (QED) is 0.555. The van der Waals surface area contributed by atoms with Crippen LogP contribution >= 0.6 is 0 Å². The molecule has 2 nitrogen and oxygen atoms in total. The number of unbranched alkanes of at least 4 members (excludes halogenated alkanes) is 1. The smallest absolute Gasteiger partial charge is 0.224 e. The van der Waals surface area contributed by atoms with Crippen molar-refractivity contribution in [3.8, 4) is 22.5 Å². The van der Waals surface area contributed by atoms with Crippen LogP contribution in [-0.2, 0) is 12.0 Å². The molecular weight excluding hydrogens is 316 g/mol. The van der Waals surface area contributed by atoms with Crippen molar-refractivity contribution in [3.05, 3.63) is 72.6 Å². The van der Waals surface area contributed by atoms with Gasteiger partial charge in [0, 0.05) is 23.6 Å². The molecule has 26 heavy (non-hydrogen) atoms. The van der Waals surface area contributed by atoms with Gasteiger partial charge in [-0.05, 0) is 29.8 Å². The Hall–Kier alpha value is -2.48. The average molecular weight is 343 g/mol. The zero-order valence-corrected chi connectivity index (χ0v) is 15.8. The molecule has 0 radical (unpaired) electrons. The van der Waals surface area contributed by atoms with Crippen LogP contribution in [0, 0.1) is 0 Å². The molecule has 0 amide bonds. The molecule has 1 aliphatic rings. The van der Waals surface area contributed by atoms with Gasteiger partial charge in [-0.3, -0.25) is 0 Å². The zero-order chi connectivity index (χ0) is 18.0. The number of rotatable bonds is 5. The van der Waals surface area contributed by atoms with E-state index in [9.17, 15) is 0 Å². The standard InChI is InChI=1S/C24H27N2/c1-3-5-15-24(4-2)17-20-13-9-10-14-21(20)23-16-22(25-18-26(23)24)19-11-7-6-8-12-19/h6-14,16,18H,3-5,15,17H2,1-2H3/q+1. The predicted molar refractivity (Wildman–Crippen MR) is 107 cm³/mol. The summed E-state index contributed by atoms with van der Waals surface area (Å²) in [6.07, 6.45) is 8.01. The van der Waals surface area contributed by atoms with Gasteiger partial charge < -0.3 is 0 Å². The third kappa shape index (κ3) is 2.84. The maximum Gasteiger partial charge on any atom is 0.287 e. The summed E-state index contributed by atoms with van der Waals surface area (Å²) >= 11 is 0. The van der Waals surface area contributed by atoms with Crippen molar-refractivity contribution >= 4 is 0 Å². The Morgan fingerprint density at radius 2 is 1.77 bits per heavy atom. The molecule has 4 rings (SSSR count). The molecule has 1 aliphatic heterocycles. The fourth-order valence-electron chi connectivity index (χ4n) is 4.32. The summed E-state index contributed by atoms with van der Waals surface area (Å²) in [7, 11) is 0. The first-order valence-electron chi connectivity index (χ1n) is 9.83. The lowest BCUT2D eigenvalue weighted by molar-refractivity contribution is -0.761. The minimum Gasteiger partial charge on any atom is -0.224 e. The zero-order valence-electron chi connectivity index (χ0n) is 15.8. The molecule has 2 heterocycles. The minimum absolute atomic E-state index is 0.141. The largest absolute Gasteiger partial charge is 0.287 e. The summed E-state index contributed by atoms with van der Waals surface area (Å²) in [4.78, 5) is 4.85. The van der Waals surface area contributed by atoms with Gasteiger partial charge in [-0.1, -0.05) is 74.9 Å². The summed E-state index contributed by atoms with van der Waals surface area (Å²) < 4.78 is 2.47. The Labute approximate surface area is 156 Å². The van der Waals surface area contributed by atoms with E-state index < -0.39 is 0 Å². The van der Waals surface area contributed by atoms with Crippen LogP contribution in [0.3, 0.4) is 0 Å². The Bertz CT molecular complexity index is 901. The third-order valence-corrected chi connectivity index (χ3v) is 5.89. The van der Waals surface area contributed by atoms with Gasteiger partial charge in [0.25, 0.3) is 6.33 Å². The van der Waals surface area contributed by atoms with Crippen molar-refractivity contribution in [2.24, 2.45) is 0 Å². The van der Waals surface area contributed by atoms with Crippen LogP contribution < -0.4 is 4.57 Å². The highest BCUT2D eigenvalue weighted by Gasteiger charge is 2.41. The number of nitrogens with zero attached hydrogens (tertiary/aromatic N) is 2. The molecule has 2 aromatic carbocycles. The molecule has 0 N–H and O–H groups in total. The summed E-state index contributed by atoms with van der Waals surface area (Å²) in [6.45, 7) is 4.61. The van der Waals surface area contributed by atoms with E-state index in [-0.39, 0.29) is 5.54 Å². The van der Waals surface area contributed by atoms with E-state index in [1.54, 1.807) is 0 Å². The summed E-state index contributed by atoms with van der Waals surface area (Å²) in [6, 6.07) is 21.7. The molecule has 3 aromatic rings. The summed E-state index contributed by atoms with van der Waals surface area (Å²) in [5.41, 5.74) is 6.49. The van der Waals surface area contributed by atoms with Crippen molar-refractivity contribution in [1.29, 1.82) is 0 Å². The number of hydrogen-bond donors (Lipinski definition) is 0. The lowest BCUT2D eigenvalue weighted by Gasteiger charge is -2.36. The number of fused-ring (bicyclic) bond motifs is 3. The molecule has 1 unspecified atom stereocenters. The third-order valence-electron chi connectivity index (χ3n) is 5.89. The molecule has 0 aliphatic carbocycles. The van der Waals surface area contributed by atoms with Crippen LogP contribution in [0.15, 0.2) is 67.0 Å². The highest BCUT2D eigenvalue weighted by atomic mass is 15.1. The van der Waals surface area contributed by atoms with Crippen LogP contribution in [0.25, 0.3) is 22.5 Å². The fraction of sp³-hybridized carbons (Fsp3) is 0.333. The van der Waals surface area contributed by atoms with Crippen molar-refractivity contribution in [2.75, 3.05) is 0 Å². The lowest BCUT2D eigenvalue weighted by atomic mass is 9.78. The minimum atomic E-state index is 0.141. The summed E-state index contributed by atoms with van der Waals surface area (Å²) in [5.74, 6) is 0. The average Bonchev–Trinajstić information content (AvgIpc) is 2.72. The fourth-order valence-corrected chi connectivity index (χ4v) is 4.32. The molecule has 0 saturated heterocycles. The Morgan fingerprint density at radius 3 is 2.54 bits per heavy atom. The molecule has 0 spiro atoms. The SMILES string of the molecule is CCCCC1(CC)Cc2ccccc2-c2cc(-c3ccccc3)nc[n+]21. The van der Waals surface area contributed by atoms with Gasteiger partial charge in [0.05, 0.1) is 0 Å². The van der Waals surface area contributed by atoms with Crippen LogP contribution in [0.2, 0.25) is 0 Å². The first kappa shape index (κ1) is 17.0. The molecule has 0 bridgehead atoms. The van der Waals surface area contributed by atoms with Gasteiger partial charge >= 0.3 is 0 Å². The second-order valence-electron chi connectivity index (χ2n) is 7.41. The summed E-state index contributed by atoms with van der Waals surface area (Å²) in [5, 5.41) is 0. The van der Waals surface area contributed by atoms with Crippen molar-refractivity contribution in [3.63, 3.8) is 0 Å². The second kappa shape index (κ2) is 7.03. The normalized spacial score (nSPS) is 18.2. The number of hydrogen-bond acceptors (Lipinski definition) is 1. The van der Waals surface area contributed by atoms with E-state index in [1.807, 2.05) is 0 Å². The van der Waals surface area contributed by atoms with E-state index in [2.05, 4.69) is 85.4 Å². The van der Waals surface area contributed by atoms with Crippen molar-refractivity contribution < 1.29 is 4.57 Å². The molecular formula is C24H27N2+.